The number of nitrogens with one attached hydrogen (secondary N) is 3. The number of aliphatic hydroxyl groups is 1. The molecular weight excluding hydrogens is 1030 g/mol. The molecule has 6 aromatic rings. The minimum Gasteiger partial charge on any atom is -0.493 e. The summed E-state index contributed by atoms with van der Waals surface area (Å²) in [5.74, 6) is -0.250. The number of pyridine rings is 2. The van der Waals surface area contributed by atoms with Crippen molar-refractivity contribution in [2.45, 2.75) is 109 Å². The first-order chi connectivity index (χ1) is 39.1. The number of carbonyl (C=O) groups is 3. The maximum atomic E-state index is 15.0. The van der Waals surface area contributed by atoms with E-state index in [-0.39, 0.29) is 63.3 Å². The smallest absolute Gasteiger partial charge is 0.299 e. The molecule has 4 fully saturated rings. The molecule has 0 radical (unpaired) electrons. The number of amides is 2. The number of piperazine rings is 1. The van der Waals surface area contributed by atoms with Crippen LogP contribution in [0.3, 0.4) is 0 Å². The van der Waals surface area contributed by atoms with Crippen LogP contribution in [0.2, 0.25) is 0 Å². The molecule has 19 heteroatoms. The van der Waals surface area contributed by atoms with E-state index >= 15 is 4.39 Å². The Morgan fingerprint density at radius 3 is 2.44 bits per heavy atom. The number of aromatic amines is 1. The first-order valence-electron chi connectivity index (χ1n) is 28.6. The van der Waals surface area contributed by atoms with E-state index in [9.17, 15) is 19.5 Å². The fraction of sp³-hybridized carbons (Fsp3) is 0.468. The van der Waals surface area contributed by atoms with Gasteiger partial charge in [-0.25, -0.2) is 9.37 Å². The second-order valence-electron chi connectivity index (χ2n) is 23.2. The molecule has 428 valence electrons. The lowest BCUT2D eigenvalue weighted by Gasteiger charge is -2.58. The summed E-state index contributed by atoms with van der Waals surface area (Å²) >= 11 is 0. The van der Waals surface area contributed by atoms with Gasteiger partial charge in [-0.3, -0.25) is 29.5 Å². The van der Waals surface area contributed by atoms with E-state index in [2.05, 4.69) is 84.5 Å². The quantitative estimate of drug-likeness (QED) is 0.0424. The van der Waals surface area contributed by atoms with Crippen molar-refractivity contribution in [3.8, 4) is 34.6 Å². The largest absolute Gasteiger partial charge is 0.493 e. The topological polar surface area (TPSA) is 219 Å². The Labute approximate surface area is 471 Å². The zero-order valence-corrected chi connectivity index (χ0v) is 46.9. The SMILES string of the molecule is CCOc1nc2[nH]cc(F)c2cc1Oc1cc(N2CCC3(CC2)CC(N2CCN(Cc4ccc(OC)c5c4OCCO5)C[C@H]2c2ccccc2C(C)C)C3)ccc1C(=O)NC(=O)C(=O)c1cnc(NC[C@H]2CC[C@](C)(O)CC2)c(N)c1. The molecule has 5 aliphatic rings. The second-order valence-corrected chi connectivity index (χ2v) is 23.2. The third-order valence-electron chi connectivity index (χ3n) is 17.4. The molecule has 3 aromatic carbocycles. The van der Waals surface area contributed by atoms with Crippen LogP contribution in [0.5, 0.6) is 34.6 Å². The average molecular weight is 1110 g/mol. The maximum absolute atomic E-state index is 15.0. The third kappa shape index (κ3) is 11.7. The number of rotatable bonds is 17. The number of halogens is 1. The number of hydrogen-bond acceptors (Lipinski definition) is 16. The zero-order chi connectivity index (χ0) is 56.6. The molecule has 6 N–H and O–H groups in total. The molecule has 2 aliphatic carbocycles. The molecule has 6 heterocycles. The van der Waals surface area contributed by atoms with Crippen molar-refractivity contribution in [3.05, 3.63) is 113 Å². The average Bonchev–Trinajstić information content (AvgIpc) is 3.95. The van der Waals surface area contributed by atoms with Crippen LogP contribution in [-0.2, 0) is 11.3 Å². The fourth-order valence-corrected chi connectivity index (χ4v) is 12.8. The molecule has 11 rings (SSSR count). The number of H-pyrrole nitrogens is 1. The van der Waals surface area contributed by atoms with Crippen molar-refractivity contribution in [2.75, 3.05) is 82.1 Å². The summed E-state index contributed by atoms with van der Waals surface area (Å²) in [5.41, 5.74) is 10.8. The number of piperidine rings is 1. The van der Waals surface area contributed by atoms with Crippen molar-refractivity contribution in [1.29, 1.82) is 0 Å². The van der Waals surface area contributed by atoms with Gasteiger partial charge in [0, 0.05) is 99.2 Å². The highest BCUT2D eigenvalue weighted by Gasteiger charge is 2.50. The number of ketones is 1. The molecule has 2 saturated heterocycles. The first kappa shape index (κ1) is 55.4. The second kappa shape index (κ2) is 23.2. The predicted octanol–water partition coefficient (Wildman–Crippen LogP) is 9.57. The van der Waals surface area contributed by atoms with Crippen LogP contribution in [0.4, 0.5) is 21.6 Å². The zero-order valence-electron chi connectivity index (χ0n) is 46.9. The van der Waals surface area contributed by atoms with Crippen LogP contribution in [0.15, 0.2) is 79.1 Å². The number of Topliss-reactive ketones (excluding diaryl/α,β-unsaturated/α-hetero) is 1. The highest BCUT2D eigenvalue weighted by molar-refractivity contribution is 6.45. The lowest BCUT2D eigenvalue weighted by molar-refractivity contribution is -0.116. The molecule has 0 unspecified atom stereocenters. The van der Waals surface area contributed by atoms with Gasteiger partial charge in [0.25, 0.3) is 23.5 Å². The van der Waals surface area contributed by atoms with Crippen molar-refractivity contribution >= 4 is 45.8 Å². The molecular formula is C62H74FN9O9. The predicted molar refractivity (Wildman–Crippen MR) is 306 cm³/mol. The number of nitrogen functional groups attached to an aromatic ring is 1. The van der Waals surface area contributed by atoms with Gasteiger partial charge in [0.15, 0.2) is 17.2 Å². The molecule has 3 aromatic heterocycles. The number of carbonyl (C=O) groups excluding carboxylic acids is 3. The van der Waals surface area contributed by atoms with Crippen LogP contribution < -0.4 is 45.0 Å². The van der Waals surface area contributed by atoms with Gasteiger partial charge in [0.1, 0.15) is 36.2 Å². The van der Waals surface area contributed by atoms with Crippen LogP contribution in [0.1, 0.15) is 128 Å². The van der Waals surface area contributed by atoms with Gasteiger partial charge >= 0.3 is 0 Å². The summed E-state index contributed by atoms with van der Waals surface area (Å²) < 4.78 is 45.2. The number of aromatic nitrogens is 3. The number of nitrogens with zero attached hydrogens (tertiary/aromatic N) is 5. The number of hydrogen-bond donors (Lipinski definition) is 5. The Morgan fingerprint density at radius 2 is 1.70 bits per heavy atom. The van der Waals surface area contributed by atoms with Crippen LogP contribution in [0, 0.1) is 17.2 Å². The summed E-state index contributed by atoms with van der Waals surface area (Å²) in [6, 6.07) is 21.6. The Kier molecular flexibility index (Phi) is 15.9. The van der Waals surface area contributed by atoms with Gasteiger partial charge < -0.3 is 49.7 Å². The van der Waals surface area contributed by atoms with Gasteiger partial charge in [-0.05, 0) is 118 Å². The molecule has 2 amide bonds. The van der Waals surface area contributed by atoms with Gasteiger partial charge in [0.2, 0.25) is 5.75 Å². The number of nitrogens with two attached hydrogens (primary N) is 1. The lowest BCUT2D eigenvalue weighted by atomic mass is 9.59. The van der Waals surface area contributed by atoms with Gasteiger partial charge in [-0.15, -0.1) is 0 Å². The normalized spacial score (nSPS) is 21.2. The van der Waals surface area contributed by atoms with E-state index in [4.69, 9.17) is 29.4 Å². The summed E-state index contributed by atoms with van der Waals surface area (Å²) in [6.07, 6.45) is 9.69. The maximum Gasteiger partial charge on any atom is 0.299 e. The van der Waals surface area contributed by atoms with E-state index in [1.54, 1.807) is 26.2 Å². The molecule has 3 aliphatic heterocycles. The Hall–Kier alpha value is -7.48. The number of benzene rings is 3. The third-order valence-corrected chi connectivity index (χ3v) is 17.4. The van der Waals surface area contributed by atoms with Gasteiger partial charge in [-0.1, -0.05) is 44.2 Å². The molecule has 0 bridgehead atoms. The van der Waals surface area contributed by atoms with E-state index in [0.717, 1.165) is 94.8 Å². The minimum atomic E-state index is -1.19. The van der Waals surface area contributed by atoms with Gasteiger partial charge in [0.05, 0.1) is 36.0 Å². The Bertz CT molecular complexity index is 3300. The van der Waals surface area contributed by atoms with Crippen LogP contribution >= 0.6 is 0 Å². The molecule has 1 spiro atoms. The Balaban J connectivity index is 0.784. The highest BCUT2D eigenvalue weighted by atomic mass is 19.1. The summed E-state index contributed by atoms with van der Waals surface area (Å²) in [4.78, 5) is 60.5. The monoisotopic (exact) mass is 1110 g/mol. The molecule has 1 atom stereocenters. The molecule has 81 heavy (non-hydrogen) atoms. The standard InChI is InChI=1S/C62H74FN9O9/c1-6-78-60-52(29-46-47(63)34-67-56(46)68-60)81-51-28-41(12-13-45(51)58(74)69-59(75)53(73)40-27-48(64)57(66-33-40)65-32-38-15-17-61(4,76)18-16-38)71-21-19-62(20-22-71)30-42(31-62)72-24-23-70(36-49(72)44-10-8-7-9-43(44)37(2)3)35-39-11-14-50(77-5)55-54(39)79-25-26-80-55/h7-14,27-29,33-34,37-38,42,49,76H,6,15-26,30-32,35-36,64H2,1-5H3,(H,65,66)(H,67,68)(H,69,74,75)/t38-,49-,61-/m0/s1. The highest BCUT2D eigenvalue weighted by Crippen LogP contribution is 2.54. The molecule has 2 saturated carbocycles. The van der Waals surface area contributed by atoms with Crippen LogP contribution in [0.25, 0.3) is 11.0 Å². The van der Waals surface area contributed by atoms with E-state index in [1.807, 2.05) is 19.1 Å². The van der Waals surface area contributed by atoms with Crippen LogP contribution in [-0.4, -0.2) is 125 Å². The number of anilines is 3. The number of fused-ring (bicyclic) bond motifs is 2. The first-order valence-corrected chi connectivity index (χ1v) is 28.6. The number of ether oxygens (including phenoxy) is 5. The fourth-order valence-electron chi connectivity index (χ4n) is 12.8. The van der Waals surface area contributed by atoms with Gasteiger partial charge in [-0.2, -0.15) is 4.98 Å². The van der Waals surface area contributed by atoms with Crippen molar-refractivity contribution in [2.24, 2.45) is 11.3 Å². The van der Waals surface area contributed by atoms with Crippen molar-refractivity contribution in [3.63, 3.8) is 0 Å². The van der Waals surface area contributed by atoms with Crippen molar-refractivity contribution in [1.82, 2.24) is 30.1 Å². The van der Waals surface area contributed by atoms with E-state index < -0.39 is 29.0 Å². The lowest BCUT2D eigenvalue weighted by Crippen LogP contribution is -2.60. The Morgan fingerprint density at radius 1 is 0.938 bits per heavy atom. The van der Waals surface area contributed by atoms with E-state index in [0.29, 0.717) is 67.8 Å². The summed E-state index contributed by atoms with van der Waals surface area (Å²) in [5, 5.41) is 16.0. The van der Waals surface area contributed by atoms with E-state index in [1.165, 1.54) is 35.7 Å². The number of imide groups is 1. The minimum absolute atomic E-state index is 0.0480. The summed E-state index contributed by atoms with van der Waals surface area (Å²) in [6.45, 7) is 15.0. The summed E-state index contributed by atoms with van der Waals surface area (Å²) in [7, 11) is 1.66. The number of methoxy groups -OCH3 is 1. The molecule has 18 nitrogen and oxygen atoms in total. The van der Waals surface area contributed by atoms with Crippen molar-refractivity contribution < 1.29 is 47.6 Å².